The van der Waals surface area contributed by atoms with Crippen molar-refractivity contribution in [1.82, 2.24) is 0 Å². The summed E-state index contributed by atoms with van der Waals surface area (Å²) in [6, 6.07) is 4.43. The number of para-hydroxylation sites is 1. The van der Waals surface area contributed by atoms with Crippen LogP contribution in [-0.2, 0) is 14.9 Å². The topological polar surface area (TPSA) is 130 Å². The fraction of sp³-hybridized carbons (Fsp3) is 0.417. The van der Waals surface area contributed by atoms with E-state index in [0.29, 0.717) is 0 Å². The quantitative estimate of drug-likeness (QED) is 0.356. The second kappa shape index (κ2) is 6.58. The van der Waals surface area contributed by atoms with E-state index in [1.165, 1.54) is 18.2 Å². The van der Waals surface area contributed by atoms with Gasteiger partial charge in [-0.05, 0) is 25.0 Å². The highest BCUT2D eigenvalue weighted by Gasteiger charge is 2.21. The number of carbonyl (C=O) groups excluding carboxylic acids is 1. The summed E-state index contributed by atoms with van der Waals surface area (Å²) in [5.74, 6) is -0.587. The van der Waals surface area contributed by atoms with Crippen molar-refractivity contribution in [2.24, 2.45) is 0 Å². The van der Waals surface area contributed by atoms with Crippen LogP contribution in [0.1, 0.15) is 26.2 Å². The first-order valence-electron chi connectivity index (χ1n) is 6.09. The summed E-state index contributed by atoms with van der Waals surface area (Å²) in [4.78, 5) is 11.7. The standard InChI is InChI=1S/C12H18N2O5S/c1-2-8(20(17,18)19)6-7-11(16)14-9-4-3-5-10(15)12(9)13/h3-5,8,15H,2,6-7,13H2,1H3,(H,14,16)(H,17,18,19). The minimum absolute atomic E-state index is 0.0138. The molecule has 0 aliphatic heterocycles. The Kier molecular flexibility index (Phi) is 5.34. The number of hydrogen-bond acceptors (Lipinski definition) is 5. The van der Waals surface area contributed by atoms with Gasteiger partial charge < -0.3 is 16.2 Å². The zero-order chi connectivity index (χ0) is 15.3. The van der Waals surface area contributed by atoms with Gasteiger partial charge in [0.15, 0.2) is 0 Å². The summed E-state index contributed by atoms with van der Waals surface area (Å²) < 4.78 is 31.0. The van der Waals surface area contributed by atoms with Crippen LogP contribution in [-0.4, -0.2) is 29.2 Å². The summed E-state index contributed by atoms with van der Waals surface area (Å²) >= 11 is 0. The van der Waals surface area contributed by atoms with E-state index < -0.39 is 21.3 Å². The van der Waals surface area contributed by atoms with Gasteiger partial charge in [0.05, 0.1) is 16.6 Å². The van der Waals surface area contributed by atoms with E-state index in [0.717, 1.165) is 0 Å². The molecule has 0 aliphatic rings. The number of rotatable bonds is 6. The molecule has 1 rings (SSSR count). The number of nitrogens with one attached hydrogen (secondary N) is 1. The Morgan fingerprint density at radius 3 is 2.65 bits per heavy atom. The van der Waals surface area contributed by atoms with Crippen LogP contribution in [0.15, 0.2) is 18.2 Å². The minimum atomic E-state index is -4.14. The van der Waals surface area contributed by atoms with Crippen molar-refractivity contribution in [2.75, 3.05) is 11.1 Å². The van der Waals surface area contributed by atoms with Gasteiger partial charge in [-0.2, -0.15) is 8.42 Å². The van der Waals surface area contributed by atoms with Gasteiger partial charge >= 0.3 is 0 Å². The molecule has 1 aromatic rings. The summed E-state index contributed by atoms with van der Waals surface area (Å²) in [5.41, 5.74) is 5.88. The molecule has 0 bridgehead atoms. The van der Waals surface area contributed by atoms with E-state index in [2.05, 4.69) is 5.32 Å². The largest absolute Gasteiger partial charge is 0.506 e. The Morgan fingerprint density at radius 2 is 2.10 bits per heavy atom. The van der Waals surface area contributed by atoms with Gasteiger partial charge in [0.1, 0.15) is 5.75 Å². The Labute approximate surface area is 117 Å². The van der Waals surface area contributed by atoms with E-state index in [9.17, 15) is 18.3 Å². The van der Waals surface area contributed by atoms with E-state index in [4.69, 9.17) is 10.3 Å². The molecule has 0 saturated carbocycles. The van der Waals surface area contributed by atoms with Crippen molar-refractivity contribution in [1.29, 1.82) is 0 Å². The molecule has 20 heavy (non-hydrogen) atoms. The van der Waals surface area contributed by atoms with Gasteiger partial charge in [0, 0.05) is 6.42 Å². The lowest BCUT2D eigenvalue weighted by molar-refractivity contribution is -0.116. The summed E-state index contributed by atoms with van der Waals surface area (Å²) in [6.45, 7) is 1.61. The third kappa shape index (κ3) is 4.39. The molecule has 0 aliphatic carbocycles. The smallest absolute Gasteiger partial charge is 0.267 e. The first-order chi connectivity index (χ1) is 9.25. The second-order valence-electron chi connectivity index (χ2n) is 4.37. The fourth-order valence-electron chi connectivity index (χ4n) is 1.73. The molecule has 7 nitrogen and oxygen atoms in total. The molecule has 8 heteroatoms. The number of amides is 1. The molecule has 1 unspecified atom stereocenters. The lowest BCUT2D eigenvalue weighted by Crippen LogP contribution is -2.22. The Morgan fingerprint density at radius 1 is 1.45 bits per heavy atom. The van der Waals surface area contributed by atoms with Crippen molar-refractivity contribution in [2.45, 2.75) is 31.4 Å². The van der Waals surface area contributed by atoms with Crippen LogP contribution in [0, 0.1) is 0 Å². The number of phenols is 1. The molecule has 0 fully saturated rings. The number of nitrogen functional groups attached to an aromatic ring is 1. The van der Waals surface area contributed by atoms with Crippen LogP contribution in [0.3, 0.4) is 0 Å². The second-order valence-corrected chi connectivity index (χ2v) is 6.07. The molecule has 1 aromatic carbocycles. The number of phenolic OH excluding ortho intramolecular Hbond substituents is 1. The average molecular weight is 302 g/mol. The summed E-state index contributed by atoms with van der Waals surface area (Å²) in [6.07, 6.45) is 0.160. The summed E-state index contributed by atoms with van der Waals surface area (Å²) in [7, 11) is -4.14. The number of carbonyl (C=O) groups is 1. The molecule has 5 N–H and O–H groups in total. The maximum atomic E-state index is 11.7. The number of hydrogen-bond donors (Lipinski definition) is 4. The van der Waals surface area contributed by atoms with E-state index in [-0.39, 0.29) is 36.4 Å². The first-order valence-corrected chi connectivity index (χ1v) is 7.59. The molecular weight excluding hydrogens is 284 g/mol. The first kappa shape index (κ1) is 16.3. The Balaban J connectivity index is 2.63. The van der Waals surface area contributed by atoms with Gasteiger partial charge in [0.25, 0.3) is 10.1 Å². The molecule has 112 valence electrons. The molecule has 0 spiro atoms. The maximum Gasteiger partial charge on any atom is 0.267 e. The van der Waals surface area contributed by atoms with Crippen LogP contribution in [0.25, 0.3) is 0 Å². The van der Waals surface area contributed by atoms with Crippen LogP contribution in [0.2, 0.25) is 0 Å². The molecule has 0 radical (unpaired) electrons. The van der Waals surface area contributed by atoms with Crippen molar-refractivity contribution in [3.63, 3.8) is 0 Å². The monoisotopic (exact) mass is 302 g/mol. The molecule has 0 saturated heterocycles. The average Bonchev–Trinajstić information content (AvgIpc) is 2.34. The normalized spacial score (nSPS) is 12.9. The highest BCUT2D eigenvalue weighted by atomic mass is 32.2. The molecule has 1 atom stereocenters. The number of aromatic hydroxyl groups is 1. The van der Waals surface area contributed by atoms with Crippen molar-refractivity contribution in [3.8, 4) is 5.75 Å². The SMILES string of the molecule is CCC(CCC(=O)Nc1cccc(O)c1N)S(=O)(=O)O. The maximum absolute atomic E-state index is 11.7. The van der Waals surface area contributed by atoms with E-state index in [1.54, 1.807) is 6.92 Å². The minimum Gasteiger partial charge on any atom is -0.506 e. The van der Waals surface area contributed by atoms with E-state index >= 15 is 0 Å². The van der Waals surface area contributed by atoms with Gasteiger partial charge in [-0.25, -0.2) is 0 Å². The Bertz CT molecular complexity index is 586. The lowest BCUT2D eigenvalue weighted by atomic mass is 10.2. The molecule has 0 heterocycles. The zero-order valence-corrected chi connectivity index (χ0v) is 11.9. The van der Waals surface area contributed by atoms with Crippen LogP contribution >= 0.6 is 0 Å². The van der Waals surface area contributed by atoms with Gasteiger partial charge in [-0.15, -0.1) is 0 Å². The fourth-order valence-corrected chi connectivity index (χ4v) is 2.57. The third-order valence-corrected chi connectivity index (χ3v) is 4.34. The predicted octanol–water partition coefficient (Wildman–Crippen LogP) is 1.36. The van der Waals surface area contributed by atoms with Gasteiger partial charge in [0.2, 0.25) is 5.91 Å². The molecular formula is C12H18N2O5S. The summed E-state index contributed by atoms with van der Waals surface area (Å²) in [5, 5.41) is 10.9. The number of nitrogens with two attached hydrogens (primary N) is 1. The van der Waals surface area contributed by atoms with Crippen molar-refractivity contribution in [3.05, 3.63) is 18.2 Å². The van der Waals surface area contributed by atoms with Gasteiger partial charge in [-0.1, -0.05) is 13.0 Å². The lowest BCUT2D eigenvalue weighted by Gasteiger charge is -2.12. The molecule has 1 amide bonds. The highest BCUT2D eigenvalue weighted by Crippen LogP contribution is 2.28. The van der Waals surface area contributed by atoms with Crippen LogP contribution in [0.4, 0.5) is 11.4 Å². The van der Waals surface area contributed by atoms with E-state index in [1.807, 2.05) is 0 Å². The van der Waals surface area contributed by atoms with Crippen LogP contribution < -0.4 is 11.1 Å². The molecule has 0 aromatic heterocycles. The van der Waals surface area contributed by atoms with Crippen molar-refractivity contribution >= 4 is 27.4 Å². The van der Waals surface area contributed by atoms with Crippen LogP contribution in [0.5, 0.6) is 5.75 Å². The van der Waals surface area contributed by atoms with Gasteiger partial charge in [-0.3, -0.25) is 9.35 Å². The predicted molar refractivity (Wildman–Crippen MR) is 76.0 cm³/mol. The third-order valence-electron chi connectivity index (χ3n) is 2.93. The number of benzene rings is 1. The number of anilines is 2. The zero-order valence-electron chi connectivity index (χ0n) is 11.0. The highest BCUT2D eigenvalue weighted by molar-refractivity contribution is 7.86. The van der Waals surface area contributed by atoms with Crippen molar-refractivity contribution < 1.29 is 22.9 Å². The Hall–Kier alpha value is -1.80.